The minimum Gasteiger partial charge on any atom is -0.377 e. The van der Waals surface area contributed by atoms with Crippen molar-refractivity contribution in [1.29, 1.82) is 0 Å². The van der Waals surface area contributed by atoms with Gasteiger partial charge < -0.3 is 15.0 Å². The van der Waals surface area contributed by atoms with Crippen LogP contribution < -0.4 is 5.32 Å². The Kier molecular flexibility index (Phi) is 6.82. The molecule has 1 heterocycles. The van der Waals surface area contributed by atoms with Crippen molar-refractivity contribution in [1.82, 2.24) is 10.2 Å². The van der Waals surface area contributed by atoms with E-state index in [1.807, 2.05) is 4.90 Å². The number of amides is 1. The lowest BCUT2D eigenvalue weighted by Crippen LogP contribution is -2.45. The number of rotatable bonds is 7. The summed E-state index contributed by atoms with van der Waals surface area (Å²) in [5.74, 6) is -0.105. The summed E-state index contributed by atoms with van der Waals surface area (Å²) >= 11 is 0. The smallest absolute Gasteiger partial charge is 0.237 e. The number of hydrogen-bond acceptors (Lipinski definition) is 3. The van der Waals surface area contributed by atoms with E-state index in [0.29, 0.717) is 19.1 Å². The number of halogens is 1. The van der Waals surface area contributed by atoms with Crippen LogP contribution >= 0.6 is 0 Å². The van der Waals surface area contributed by atoms with Crippen LogP contribution in [0.25, 0.3) is 0 Å². The highest BCUT2D eigenvalue weighted by Gasteiger charge is 2.25. The summed E-state index contributed by atoms with van der Waals surface area (Å²) in [6.45, 7) is 2.47. The van der Waals surface area contributed by atoms with Crippen molar-refractivity contribution in [2.24, 2.45) is 0 Å². The zero-order valence-electron chi connectivity index (χ0n) is 14.9. The third-order valence-electron chi connectivity index (χ3n) is 5.27. The van der Waals surface area contributed by atoms with Gasteiger partial charge in [-0.05, 0) is 43.4 Å². The molecule has 1 aliphatic carbocycles. The summed E-state index contributed by atoms with van der Waals surface area (Å²) in [7, 11) is 0. The molecule has 1 aliphatic heterocycles. The van der Waals surface area contributed by atoms with Crippen molar-refractivity contribution in [2.75, 3.05) is 19.7 Å². The highest BCUT2D eigenvalue weighted by molar-refractivity contribution is 5.78. The van der Waals surface area contributed by atoms with Gasteiger partial charge in [0.2, 0.25) is 5.91 Å². The molecule has 1 atom stereocenters. The van der Waals surface area contributed by atoms with Crippen molar-refractivity contribution in [3.63, 3.8) is 0 Å². The van der Waals surface area contributed by atoms with Crippen LogP contribution in [-0.2, 0) is 16.1 Å². The molecule has 1 aromatic rings. The lowest BCUT2D eigenvalue weighted by molar-refractivity contribution is -0.134. The summed E-state index contributed by atoms with van der Waals surface area (Å²) in [6.07, 6.45) is 8.18. The number of carbonyl (C=O) groups excluding carboxylic acids is 1. The lowest BCUT2D eigenvalue weighted by Gasteiger charge is -2.35. The molecule has 0 spiro atoms. The molecule has 25 heavy (non-hydrogen) atoms. The number of benzene rings is 1. The lowest BCUT2D eigenvalue weighted by atomic mass is 9.93. The molecule has 5 heteroatoms. The summed E-state index contributed by atoms with van der Waals surface area (Å²) in [4.78, 5) is 14.8. The minimum atomic E-state index is -0.238. The molecule has 3 rings (SSSR count). The van der Waals surface area contributed by atoms with Crippen LogP contribution in [0.15, 0.2) is 24.3 Å². The van der Waals surface area contributed by atoms with Gasteiger partial charge in [0, 0.05) is 25.7 Å². The Balaban J connectivity index is 1.57. The topological polar surface area (TPSA) is 41.6 Å². The first-order valence-corrected chi connectivity index (χ1v) is 9.58. The molecule has 2 aliphatic rings. The predicted octanol–water partition coefficient (Wildman–Crippen LogP) is 3.26. The molecule has 1 unspecified atom stereocenters. The Morgan fingerprint density at radius 1 is 1.12 bits per heavy atom. The van der Waals surface area contributed by atoms with Crippen molar-refractivity contribution < 1.29 is 13.9 Å². The van der Waals surface area contributed by atoms with Gasteiger partial charge >= 0.3 is 0 Å². The first-order chi connectivity index (χ1) is 12.2. The molecule has 0 bridgehead atoms. The summed E-state index contributed by atoms with van der Waals surface area (Å²) in [5, 5.41) is 3.27. The van der Waals surface area contributed by atoms with Gasteiger partial charge in [0.25, 0.3) is 0 Å². The van der Waals surface area contributed by atoms with Crippen LogP contribution in [0.5, 0.6) is 0 Å². The third-order valence-corrected chi connectivity index (χ3v) is 5.27. The summed E-state index contributed by atoms with van der Waals surface area (Å²) in [5.41, 5.74) is 0.986. The van der Waals surface area contributed by atoms with E-state index in [1.54, 1.807) is 12.1 Å². The second kappa shape index (κ2) is 9.30. The Bertz CT molecular complexity index is 537. The van der Waals surface area contributed by atoms with E-state index in [0.717, 1.165) is 44.4 Å². The zero-order chi connectivity index (χ0) is 17.5. The van der Waals surface area contributed by atoms with Crippen LogP contribution in [0, 0.1) is 5.82 Å². The molecule has 0 radical (unpaired) electrons. The van der Waals surface area contributed by atoms with E-state index < -0.39 is 0 Å². The van der Waals surface area contributed by atoms with E-state index in [9.17, 15) is 9.18 Å². The van der Waals surface area contributed by atoms with Crippen LogP contribution in [-0.4, -0.2) is 42.6 Å². The maximum atomic E-state index is 13.1. The van der Waals surface area contributed by atoms with E-state index >= 15 is 0 Å². The van der Waals surface area contributed by atoms with E-state index in [4.69, 9.17) is 4.74 Å². The van der Waals surface area contributed by atoms with E-state index in [1.165, 1.54) is 31.4 Å². The molecule has 0 aromatic heterocycles. The SMILES string of the molecule is O=C(CNCC1CCCO1)N(Cc1ccc(F)cc1)C1CCCCC1. The van der Waals surface area contributed by atoms with Crippen LogP contribution in [0.4, 0.5) is 4.39 Å². The van der Waals surface area contributed by atoms with Crippen molar-refractivity contribution >= 4 is 5.91 Å². The van der Waals surface area contributed by atoms with Crippen molar-refractivity contribution in [2.45, 2.75) is 63.6 Å². The maximum Gasteiger partial charge on any atom is 0.237 e. The van der Waals surface area contributed by atoms with Crippen molar-refractivity contribution in [3.05, 3.63) is 35.6 Å². The minimum absolute atomic E-state index is 0.134. The van der Waals surface area contributed by atoms with E-state index in [-0.39, 0.29) is 17.8 Å². The molecular formula is C20H29FN2O2. The van der Waals surface area contributed by atoms with Crippen molar-refractivity contribution in [3.8, 4) is 0 Å². The quantitative estimate of drug-likeness (QED) is 0.822. The fraction of sp³-hybridized carbons (Fsp3) is 0.650. The average molecular weight is 348 g/mol. The standard InChI is InChI=1S/C20H29FN2O2/c21-17-10-8-16(9-11-17)15-23(18-5-2-1-3-6-18)20(24)14-22-13-19-7-4-12-25-19/h8-11,18-19,22H,1-7,12-15H2. The number of hydrogen-bond donors (Lipinski definition) is 1. The van der Waals surface area contributed by atoms with E-state index in [2.05, 4.69) is 5.32 Å². The van der Waals surface area contributed by atoms with Gasteiger partial charge in [0.1, 0.15) is 5.82 Å². The Morgan fingerprint density at radius 3 is 2.56 bits per heavy atom. The van der Waals surface area contributed by atoms with Gasteiger partial charge in [-0.25, -0.2) is 4.39 Å². The zero-order valence-corrected chi connectivity index (χ0v) is 14.9. The molecule has 1 amide bonds. The van der Waals surface area contributed by atoms with Gasteiger partial charge in [-0.15, -0.1) is 0 Å². The van der Waals surface area contributed by atoms with Gasteiger partial charge in [0.05, 0.1) is 12.6 Å². The maximum absolute atomic E-state index is 13.1. The highest BCUT2D eigenvalue weighted by atomic mass is 19.1. The second-order valence-electron chi connectivity index (χ2n) is 7.21. The highest BCUT2D eigenvalue weighted by Crippen LogP contribution is 2.24. The van der Waals surface area contributed by atoms with Crippen LogP contribution in [0.1, 0.15) is 50.5 Å². The number of nitrogens with one attached hydrogen (secondary N) is 1. The monoisotopic (exact) mass is 348 g/mol. The molecular weight excluding hydrogens is 319 g/mol. The van der Waals surface area contributed by atoms with Gasteiger partial charge in [-0.3, -0.25) is 4.79 Å². The summed E-state index contributed by atoms with van der Waals surface area (Å²) in [6, 6.07) is 6.79. The molecule has 2 fully saturated rings. The molecule has 138 valence electrons. The predicted molar refractivity (Wildman–Crippen MR) is 95.7 cm³/mol. The largest absolute Gasteiger partial charge is 0.377 e. The van der Waals surface area contributed by atoms with Gasteiger partial charge in [-0.2, -0.15) is 0 Å². The Morgan fingerprint density at radius 2 is 1.88 bits per heavy atom. The molecule has 1 saturated carbocycles. The number of nitrogens with zero attached hydrogens (tertiary/aromatic N) is 1. The fourth-order valence-electron chi connectivity index (χ4n) is 3.85. The average Bonchev–Trinajstić information content (AvgIpc) is 3.15. The summed E-state index contributed by atoms with van der Waals surface area (Å²) < 4.78 is 18.7. The molecule has 1 N–H and O–H groups in total. The molecule has 1 saturated heterocycles. The van der Waals surface area contributed by atoms with Gasteiger partial charge in [-0.1, -0.05) is 31.4 Å². The molecule has 1 aromatic carbocycles. The second-order valence-corrected chi connectivity index (χ2v) is 7.21. The molecule has 4 nitrogen and oxygen atoms in total. The normalized spacial score (nSPS) is 21.4. The van der Waals surface area contributed by atoms with Gasteiger partial charge in [0.15, 0.2) is 0 Å². The first kappa shape index (κ1) is 18.3. The van der Waals surface area contributed by atoms with Crippen LogP contribution in [0.3, 0.4) is 0 Å². The fourth-order valence-corrected chi connectivity index (χ4v) is 3.85. The van der Waals surface area contributed by atoms with Crippen LogP contribution in [0.2, 0.25) is 0 Å². The third kappa shape index (κ3) is 5.51. The number of carbonyl (C=O) groups is 1. The Labute approximate surface area is 149 Å². The number of ether oxygens (including phenoxy) is 1. The Hall–Kier alpha value is -1.46. The first-order valence-electron chi connectivity index (χ1n) is 9.58.